The van der Waals surface area contributed by atoms with Crippen molar-refractivity contribution in [3.8, 4) is 28.7 Å². The summed E-state index contributed by atoms with van der Waals surface area (Å²) in [4.78, 5) is 15.4. The molecule has 2 heterocycles. The first-order chi connectivity index (χ1) is 16.1. The van der Waals surface area contributed by atoms with Crippen LogP contribution in [0.2, 0.25) is 0 Å². The highest BCUT2D eigenvalue weighted by Crippen LogP contribution is 2.45. The molecule has 0 aromatic heterocycles. The summed E-state index contributed by atoms with van der Waals surface area (Å²) < 4.78 is 27.7. The maximum Gasteiger partial charge on any atom is 0.258 e. The normalized spacial score (nSPS) is 16.2. The Balaban J connectivity index is 1.60. The van der Waals surface area contributed by atoms with Gasteiger partial charge in [0.05, 0.1) is 26.9 Å². The van der Waals surface area contributed by atoms with Gasteiger partial charge in [-0.25, -0.2) is 0 Å². The van der Waals surface area contributed by atoms with Gasteiger partial charge in [0, 0.05) is 17.8 Å². The van der Waals surface area contributed by atoms with Gasteiger partial charge >= 0.3 is 0 Å². The highest BCUT2D eigenvalue weighted by atomic mass is 16.7. The van der Waals surface area contributed by atoms with E-state index in [1.165, 1.54) is 0 Å². The van der Waals surface area contributed by atoms with Crippen LogP contribution in [0, 0.1) is 0 Å². The molecular weight excluding hydrogens is 424 g/mol. The minimum Gasteiger partial charge on any atom is -0.493 e. The summed E-state index contributed by atoms with van der Waals surface area (Å²) in [7, 11) is 4.70. The number of nitrogens with one attached hydrogen (secondary N) is 1. The van der Waals surface area contributed by atoms with Gasteiger partial charge in [-0.05, 0) is 42.0 Å². The number of anilines is 1. The van der Waals surface area contributed by atoms with Gasteiger partial charge in [-0.15, -0.1) is 0 Å². The minimum atomic E-state index is -0.507. The van der Waals surface area contributed by atoms with Crippen molar-refractivity contribution in [2.75, 3.05) is 33.4 Å². The molecule has 0 fully saturated rings. The van der Waals surface area contributed by atoms with Crippen LogP contribution in [0.25, 0.3) is 0 Å². The van der Waals surface area contributed by atoms with Gasteiger partial charge in [-0.1, -0.05) is 18.2 Å². The molecule has 3 aromatic carbocycles. The Kier molecular flexibility index (Phi) is 5.34. The third-order valence-electron chi connectivity index (χ3n) is 5.84. The molecule has 1 atom stereocenters. The van der Waals surface area contributed by atoms with E-state index in [4.69, 9.17) is 23.7 Å². The number of rotatable bonds is 6. The van der Waals surface area contributed by atoms with Crippen molar-refractivity contribution >= 4 is 11.6 Å². The van der Waals surface area contributed by atoms with Gasteiger partial charge in [0.15, 0.2) is 23.0 Å². The van der Waals surface area contributed by atoms with Crippen LogP contribution in [0.15, 0.2) is 54.6 Å². The number of hydrogen-bond acceptors (Lipinski definition) is 7. The standard InChI is InChI=1S/C25H24N2O6/c1-29-20-11-9-17(22(30-2)23(20)31-3)24-26-18-7-5-4-6-16(18)25(28)27(24)13-15-8-10-19-21(12-15)33-14-32-19/h4-12,24,26H,13-14H2,1-3H3. The number of methoxy groups -OCH3 is 3. The maximum absolute atomic E-state index is 13.6. The van der Waals surface area contributed by atoms with Crippen molar-refractivity contribution in [1.29, 1.82) is 0 Å². The van der Waals surface area contributed by atoms with Crippen LogP contribution < -0.4 is 29.0 Å². The van der Waals surface area contributed by atoms with Gasteiger partial charge in [0.25, 0.3) is 5.91 Å². The van der Waals surface area contributed by atoms with Crippen LogP contribution in [0.4, 0.5) is 5.69 Å². The van der Waals surface area contributed by atoms with Crippen molar-refractivity contribution in [3.63, 3.8) is 0 Å². The predicted molar refractivity (Wildman–Crippen MR) is 121 cm³/mol. The Bertz CT molecular complexity index is 1210. The number of ether oxygens (including phenoxy) is 5. The zero-order valence-electron chi connectivity index (χ0n) is 18.6. The van der Waals surface area contributed by atoms with Crippen LogP contribution in [-0.2, 0) is 6.54 Å². The number of benzene rings is 3. The van der Waals surface area contributed by atoms with Crippen molar-refractivity contribution in [1.82, 2.24) is 4.90 Å². The number of fused-ring (bicyclic) bond motifs is 2. The largest absolute Gasteiger partial charge is 0.493 e. The first-order valence-electron chi connectivity index (χ1n) is 10.5. The molecule has 0 aliphatic carbocycles. The third-order valence-corrected chi connectivity index (χ3v) is 5.84. The smallest absolute Gasteiger partial charge is 0.258 e. The molecule has 8 nitrogen and oxygen atoms in total. The second-order valence-corrected chi connectivity index (χ2v) is 7.64. The molecule has 0 bridgehead atoms. The van der Waals surface area contributed by atoms with Gasteiger partial charge in [-0.2, -0.15) is 0 Å². The second kappa shape index (κ2) is 8.46. The summed E-state index contributed by atoms with van der Waals surface area (Å²) >= 11 is 0. The van der Waals surface area contributed by atoms with E-state index < -0.39 is 6.17 Å². The van der Waals surface area contributed by atoms with E-state index in [1.807, 2.05) is 54.6 Å². The number of carbonyl (C=O) groups excluding carboxylic acids is 1. The number of amides is 1. The fourth-order valence-corrected chi connectivity index (χ4v) is 4.28. The van der Waals surface area contributed by atoms with Crippen molar-refractivity contribution in [2.24, 2.45) is 0 Å². The molecule has 8 heteroatoms. The van der Waals surface area contributed by atoms with E-state index in [2.05, 4.69) is 5.32 Å². The highest BCUT2D eigenvalue weighted by molar-refractivity contribution is 6.01. The number of hydrogen-bond donors (Lipinski definition) is 1. The van der Waals surface area contributed by atoms with Crippen LogP contribution in [-0.4, -0.2) is 38.9 Å². The monoisotopic (exact) mass is 448 g/mol. The summed E-state index contributed by atoms with van der Waals surface area (Å²) in [5.74, 6) is 2.79. The van der Waals surface area contributed by atoms with E-state index in [0.717, 1.165) is 16.8 Å². The first-order valence-corrected chi connectivity index (χ1v) is 10.5. The van der Waals surface area contributed by atoms with Crippen LogP contribution >= 0.6 is 0 Å². The maximum atomic E-state index is 13.6. The van der Waals surface area contributed by atoms with Gasteiger partial charge in [-0.3, -0.25) is 4.79 Å². The Morgan fingerprint density at radius 1 is 0.939 bits per heavy atom. The van der Waals surface area contributed by atoms with Crippen molar-refractivity contribution in [3.05, 3.63) is 71.3 Å². The lowest BCUT2D eigenvalue weighted by molar-refractivity contribution is 0.0664. The molecule has 2 aliphatic heterocycles. The van der Waals surface area contributed by atoms with Gasteiger partial charge in [0.2, 0.25) is 12.5 Å². The van der Waals surface area contributed by atoms with E-state index in [-0.39, 0.29) is 12.7 Å². The zero-order valence-corrected chi connectivity index (χ0v) is 18.6. The molecule has 1 amide bonds. The van der Waals surface area contributed by atoms with Crippen molar-refractivity contribution < 1.29 is 28.5 Å². The molecule has 0 saturated carbocycles. The van der Waals surface area contributed by atoms with Crippen LogP contribution in [0.1, 0.15) is 27.7 Å². The molecule has 5 rings (SSSR count). The Labute approximate surface area is 191 Å². The average Bonchev–Trinajstić information content (AvgIpc) is 3.32. The fourth-order valence-electron chi connectivity index (χ4n) is 4.28. The molecule has 170 valence electrons. The Morgan fingerprint density at radius 2 is 1.73 bits per heavy atom. The SMILES string of the molecule is COc1ccc(C2Nc3ccccc3C(=O)N2Cc2ccc3c(c2)OCO3)c(OC)c1OC. The van der Waals surface area contributed by atoms with E-state index in [9.17, 15) is 4.79 Å². The summed E-state index contributed by atoms with van der Waals surface area (Å²) in [6.45, 7) is 0.542. The van der Waals surface area contributed by atoms with Gasteiger partial charge < -0.3 is 33.9 Å². The molecule has 1 N–H and O–H groups in total. The predicted octanol–water partition coefficient (Wildman–Crippen LogP) is 4.21. The van der Waals surface area contributed by atoms with E-state index in [1.54, 1.807) is 26.2 Å². The summed E-state index contributed by atoms with van der Waals surface area (Å²) in [6, 6.07) is 16.9. The van der Waals surface area contributed by atoms with Crippen molar-refractivity contribution in [2.45, 2.75) is 12.7 Å². The number of carbonyl (C=O) groups is 1. The quantitative estimate of drug-likeness (QED) is 0.605. The van der Waals surface area contributed by atoms with E-state index in [0.29, 0.717) is 40.9 Å². The lowest BCUT2D eigenvalue weighted by Gasteiger charge is -2.39. The first kappa shape index (κ1) is 20.8. The molecule has 0 saturated heterocycles. The molecule has 0 spiro atoms. The summed E-state index contributed by atoms with van der Waals surface area (Å²) in [6.07, 6.45) is -0.507. The second-order valence-electron chi connectivity index (χ2n) is 7.64. The molecule has 1 unspecified atom stereocenters. The fraction of sp³-hybridized carbons (Fsp3) is 0.240. The van der Waals surface area contributed by atoms with Crippen LogP contribution in [0.5, 0.6) is 28.7 Å². The molecule has 0 radical (unpaired) electrons. The highest BCUT2D eigenvalue weighted by Gasteiger charge is 2.36. The molecule has 2 aliphatic rings. The molecule has 33 heavy (non-hydrogen) atoms. The number of nitrogens with zero attached hydrogens (tertiary/aromatic N) is 1. The zero-order chi connectivity index (χ0) is 22.9. The Morgan fingerprint density at radius 3 is 2.52 bits per heavy atom. The molecular formula is C25H24N2O6. The molecule has 3 aromatic rings. The summed E-state index contributed by atoms with van der Waals surface area (Å²) in [5.41, 5.74) is 3.03. The van der Waals surface area contributed by atoms with Crippen LogP contribution in [0.3, 0.4) is 0 Å². The lowest BCUT2D eigenvalue weighted by atomic mass is 10.0. The summed E-state index contributed by atoms with van der Waals surface area (Å²) in [5, 5.41) is 3.50. The van der Waals surface area contributed by atoms with E-state index >= 15 is 0 Å². The topological polar surface area (TPSA) is 78.5 Å². The average molecular weight is 448 g/mol. The number of para-hydroxylation sites is 1. The lowest BCUT2D eigenvalue weighted by Crippen LogP contribution is -2.42. The minimum absolute atomic E-state index is 0.0937. The third kappa shape index (κ3) is 3.53. The van der Waals surface area contributed by atoms with Gasteiger partial charge in [0.1, 0.15) is 6.17 Å². The Hall–Kier alpha value is -4.07.